The summed E-state index contributed by atoms with van der Waals surface area (Å²) in [5.41, 5.74) is 7.14. The van der Waals surface area contributed by atoms with Crippen LogP contribution in [-0.2, 0) is 18.3 Å². The SMILES string of the molecule is Cl.Cl.Cn1c(CCNC(=O)C[C@@H]2CCC[C@H]2N)nc2c(F)cccc21. The number of halogens is 3. The quantitative estimate of drug-likeness (QED) is 0.823. The molecule has 1 aromatic heterocycles. The molecule has 1 aliphatic carbocycles. The number of nitrogens with one attached hydrogen (secondary N) is 1. The second-order valence-electron chi connectivity index (χ2n) is 6.35. The summed E-state index contributed by atoms with van der Waals surface area (Å²) in [5, 5.41) is 2.92. The van der Waals surface area contributed by atoms with Crippen molar-refractivity contribution in [3.63, 3.8) is 0 Å². The van der Waals surface area contributed by atoms with Gasteiger partial charge >= 0.3 is 0 Å². The number of imidazole rings is 1. The lowest BCUT2D eigenvalue weighted by molar-refractivity contribution is -0.122. The lowest BCUT2D eigenvalue weighted by atomic mass is 10.00. The number of benzene rings is 1. The van der Waals surface area contributed by atoms with Crippen molar-refractivity contribution in [2.24, 2.45) is 18.7 Å². The van der Waals surface area contributed by atoms with Crippen molar-refractivity contribution in [3.8, 4) is 0 Å². The summed E-state index contributed by atoms with van der Waals surface area (Å²) in [6, 6.07) is 5.08. The van der Waals surface area contributed by atoms with E-state index in [1.165, 1.54) is 6.07 Å². The van der Waals surface area contributed by atoms with Crippen LogP contribution in [0.3, 0.4) is 0 Å². The van der Waals surface area contributed by atoms with Gasteiger partial charge in [-0.15, -0.1) is 24.8 Å². The van der Waals surface area contributed by atoms with Crippen LogP contribution < -0.4 is 11.1 Å². The first-order chi connectivity index (χ1) is 11.1. The molecular weight excluding hydrogens is 366 g/mol. The molecule has 3 N–H and O–H groups in total. The number of amides is 1. The van der Waals surface area contributed by atoms with E-state index in [4.69, 9.17) is 5.73 Å². The largest absolute Gasteiger partial charge is 0.356 e. The summed E-state index contributed by atoms with van der Waals surface area (Å²) in [7, 11) is 1.86. The van der Waals surface area contributed by atoms with Gasteiger partial charge in [-0.3, -0.25) is 4.79 Å². The zero-order chi connectivity index (χ0) is 16.4. The first-order valence-corrected chi connectivity index (χ1v) is 8.18. The van der Waals surface area contributed by atoms with E-state index >= 15 is 0 Å². The minimum atomic E-state index is -0.316. The average molecular weight is 391 g/mol. The third-order valence-electron chi connectivity index (χ3n) is 4.79. The van der Waals surface area contributed by atoms with E-state index in [2.05, 4.69) is 10.3 Å². The summed E-state index contributed by atoms with van der Waals surface area (Å²) in [6.45, 7) is 0.500. The fourth-order valence-corrected chi connectivity index (χ4v) is 3.39. The standard InChI is InChI=1S/C17H23FN4O.2ClH/c1-22-14-7-3-5-12(18)17(14)21-15(22)8-9-20-16(23)10-11-4-2-6-13(11)19;;/h3,5,7,11,13H,2,4,6,8-10,19H2,1H3,(H,20,23);2*1H/t11-,13+;;/m0../s1. The molecule has 2 atom stereocenters. The average Bonchev–Trinajstić information content (AvgIpc) is 3.06. The minimum absolute atomic E-state index is 0. The third-order valence-corrected chi connectivity index (χ3v) is 4.79. The van der Waals surface area contributed by atoms with Gasteiger partial charge in [-0.05, 0) is 30.9 Å². The van der Waals surface area contributed by atoms with Crippen LogP contribution in [0, 0.1) is 11.7 Å². The Bertz CT molecular complexity index is 722. The summed E-state index contributed by atoms with van der Waals surface area (Å²) >= 11 is 0. The summed E-state index contributed by atoms with van der Waals surface area (Å²) in [5.74, 6) is 0.795. The molecule has 1 aliphatic rings. The molecule has 0 spiro atoms. The van der Waals surface area contributed by atoms with Crippen LogP contribution in [0.15, 0.2) is 18.2 Å². The summed E-state index contributed by atoms with van der Waals surface area (Å²) in [6.07, 6.45) is 4.25. The monoisotopic (exact) mass is 390 g/mol. The van der Waals surface area contributed by atoms with Gasteiger partial charge in [0.1, 0.15) is 11.3 Å². The molecule has 3 rings (SSSR count). The second kappa shape index (κ2) is 9.36. The molecule has 0 saturated heterocycles. The van der Waals surface area contributed by atoms with Crippen LogP contribution in [-0.4, -0.2) is 28.0 Å². The number of carbonyl (C=O) groups is 1. The van der Waals surface area contributed by atoms with Crippen LogP contribution in [0.1, 0.15) is 31.5 Å². The lowest BCUT2D eigenvalue weighted by Crippen LogP contribution is -2.32. The Kier molecular flexibility index (Phi) is 8.12. The first-order valence-electron chi connectivity index (χ1n) is 8.18. The van der Waals surface area contributed by atoms with Crippen molar-refractivity contribution in [1.29, 1.82) is 0 Å². The van der Waals surface area contributed by atoms with Crippen LogP contribution in [0.4, 0.5) is 4.39 Å². The molecule has 1 fully saturated rings. The number of aromatic nitrogens is 2. The zero-order valence-corrected chi connectivity index (χ0v) is 15.8. The molecule has 5 nitrogen and oxygen atoms in total. The minimum Gasteiger partial charge on any atom is -0.356 e. The smallest absolute Gasteiger partial charge is 0.220 e. The van der Waals surface area contributed by atoms with Crippen molar-refractivity contribution in [3.05, 3.63) is 29.8 Å². The molecular formula is C17H25Cl2FN4O. The third kappa shape index (κ3) is 4.84. The van der Waals surface area contributed by atoms with Gasteiger partial charge in [0.25, 0.3) is 0 Å². The predicted molar refractivity (Wildman–Crippen MR) is 102 cm³/mol. The van der Waals surface area contributed by atoms with Crippen molar-refractivity contribution in [1.82, 2.24) is 14.9 Å². The topological polar surface area (TPSA) is 72.9 Å². The second-order valence-corrected chi connectivity index (χ2v) is 6.35. The molecule has 1 amide bonds. The highest BCUT2D eigenvalue weighted by atomic mass is 35.5. The molecule has 1 heterocycles. The number of hydrogen-bond acceptors (Lipinski definition) is 3. The Morgan fingerprint density at radius 1 is 1.40 bits per heavy atom. The molecule has 1 saturated carbocycles. The first kappa shape index (κ1) is 21.7. The Morgan fingerprint density at radius 3 is 2.80 bits per heavy atom. The molecule has 0 radical (unpaired) electrons. The fraction of sp³-hybridized carbons (Fsp3) is 0.529. The molecule has 0 bridgehead atoms. The molecule has 8 heteroatoms. The number of hydrogen-bond donors (Lipinski definition) is 2. The van der Waals surface area contributed by atoms with Gasteiger partial charge < -0.3 is 15.6 Å². The maximum absolute atomic E-state index is 13.7. The number of fused-ring (bicyclic) bond motifs is 1. The Labute approximate surface area is 159 Å². The van der Waals surface area contributed by atoms with Crippen LogP contribution in [0.25, 0.3) is 11.0 Å². The van der Waals surface area contributed by atoms with E-state index < -0.39 is 0 Å². The normalized spacial score (nSPS) is 19.3. The maximum atomic E-state index is 13.7. The number of nitrogens with two attached hydrogens (primary N) is 1. The van der Waals surface area contributed by atoms with E-state index in [1.807, 2.05) is 17.7 Å². The van der Waals surface area contributed by atoms with Gasteiger partial charge in [0, 0.05) is 32.5 Å². The van der Waals surface area contributed by atoms with Crippen molar-refractivity contribution >= 4 is 41.8 Å². The number of para-hydroxylation sites is 1. The number of carbonyl (C=O) groups excluding carboxylic acids is 1. The predicted octanol–water partition coefficient (Wildman–Crippen LogP) is 2.73. The number of rotatable bonds is 5. The highest BCUT2D eigenvalue weighted by Gasteiger charge is 2.25. The fourth-order valence-electron chi connectivity index (χ4n) is 3.39. The van der Waals surface area contributed by atoms with Crippen LogP contribution >= 0.6 is 24.8 Å². The van der Waals surface area contributed by atoms with Gasteiger partial charge in [-0.25, -0.2) is 9.37 Å². The summed E-state index contributed by atoms with van der Waals surface area (Å²) in [4.78, 5) is 16.3. The Balaban J connectivity index is 0.00000156. The molecule has 1 aromatic carbocycles. The van der Waals surface area contributed by atoms with Gasteiger partial charge in [0.2, 0.25) is 5.91 Å². The molecule has 140 valence electrons. The van der Waals surface area contributed by atoms with E-state index in [-0.39, 0.29) is 42.6 Å². The van der Waals surface area contributed by atoms with Gasteiger partial charge in [-0.2, -0.15) is 0 Å². The summed E-state index contributed by atoms with van der Waals surface area (Å²) < 4.78 is 15.6. The van der Waals surface area contributed by atoms with Crippen LogP contribution in [0.2, 0.25) is 0 Å². The highest BCUT2D eigenvalue weighted by Crippen LogP contribution is 2.26. The maximum Gasteiger partial charge on any atom is 0.220 e. The van der Waals surface area contributed by atoms with Crippen molar-refractivity contribution in [2.75, 3.05) is 6.54 Å². The molecule has 25 heavy (non-hydrogen) atoms. The van der Waals surface area contributed by atoms with Crippen molar-refractivity contribution < 1.29 is 9.18 Å². The van der Waals surface area contributed by atoms with Gasteiger partial charge in [-0.1, -0.05) is 12.5 Å². The van der Waals surface area contributed by atoms with E-state index in [0.717, 1.165) is 30.6 Å². The van der Waals surface area contributed by atoms with E-state index in [0.29, 0.717) is 30.8 Å². The highest BCUT2D eigenvalue weighted by molar-refractivity contribution is 5.85. The Morgan fingerprint density at radius 2 is 2.16 bits per heavy atom. The Hall–Kier alpha value is -1.37. The lowest BCUT2D eigenvalue weighted by Gasteiger charge is -2.14. The number of aryl methyl sites for hydroxylation is 1. The van der Waals surface area contributed by atoms with Gasteiger partial charge in [0.15, 0.2) is 5.82 Å². The van der Waals surface area contributed by atoms with E-state index in [9.17, 15) is 9.18 Å². The van der Waals surface area contributed by atoms with E-state index in [1.54, 1.807) is 6.07 Å². The van der Waals surface area contributed by atoms with Crippen LogP contribution in [0.5, 0.6) is 0 Å². The molecule has 0 unspecified atom stereocenters. The number of nitrogens with zero attached hydrogens (tertiary/aromatic N) is 2. The zero-order valence-electron chi connectivity index (χ0n) is 14.2. The molecule has 0 aliphatic heterocycles. The van der Waals surface area contributed by atoms with Crippen molar-refractivity contribution in [2.45, 2.75) is 38.1 Å². The molecule has 2 aromatic rings. The van der Waals surface area contributed by atoms with Gasteiger partial charge in [0.05, 0.1) is 5.52 Å².